The maximum absolute atomic E-state index is 5.33. The molecule has 0 atom stereocenters. The number of anilines is 2. The van der Waals surface area contributed by atoms with Crippen LogP contribution < -0.4 is 10.6 Å². The molecule has 0 radical (unpaired) electrons. The van der Waals surface area contributed by atoms with Crippen molar-refractivity contribution in [3.05, 3.63) is 60.0 Å². The predicted molar refractivity (Wildman–Crippen MR) is 88.1 cm³/mol. The average molecular weight is 284 g/mol. The van der Waals surface area contributed by atoms with Crippen molar-refractivity contribution in [2.45, 2.75) is 0 Å². The standard InChI is InChI=1S/C15H12N2S2/c18-15(16-11-6-2-1-3-7-11)17-13-10-19-14-9-5-4-8-12(13)14/h1-10H,(H2,16,17,18). The molecule has 3 aromatic rings. The van der Waals surface area contributed by atoms with E-state index in [1.807, 2.05) is 42.5 Å². The van der Waals surface area contributed by atoms with Gasteiger partial charge >= 0.3 is 0 Å². The first kappa shape index (κ1) is 12.1. The minimum absolute atomic E-state index is 0.606. The van der Waals surface area contributed by atoms with Crippen molar-refractivity contribution in [2.24, 2.45) is 0 Å². The van der Waals surface area contributed by atoms with Crippen molar-refractivity contribution < 1.29 is 0 Å². The van der Waals surface area contributed by atoms with Gasteiger partial charge in [0, 0.05) is 21.2 Å². The minimum atomic E-state index is 0.606. The molecule has 0 fully saturated rings. The van der Waals surface area contributed by atoms with Crippen LogP contribution in [0.3, 0.4) is 0 Å². The van der Waals surface area contributed by atoms with Crippen molar-refractivity contribution >= 4 is 50.1 Å². The molecule has 1 heterocycles. The minimum Gasteiger partial charge on any atom is -0.332 e. The van der Waals surface area contributed by atoms with Crippen molar-refractivity contribution in [1.82, 2.24) is 0 Å². The molecule has 2 N–H and O–H groups in total. The average Bonchev–Trinajstić information content (AvgIpc) is 2.83. The molecule has 19 heavy (non-hydrogen) atoms. The molecule has 0 saturated carbocycles. The molecule has 0 spiro atoms. The van der Waals surface area contributed by atoms with Crippen LogP contribution in [-0.2, 0) is 0 Å². The quantitative estimate of drug-likeness (QED) is 0.666. The summed E-state index contributed by atoms with van der Waals surface area (Å²) >= 11 is 7.04. The fourth-order valence-electron chi connectivity index (χ4n) is 1.88. The maximum atomic E-state index is 5.33. The molecule has 0 saturated heterocycles. The van der Waals surface area contributed by atoms with Crippen LogP contribution in [0.5, 0.6) is 0 Å². The predicted octanol–water partition coefficient (Wildman–Crippen LogP) is 4.71. The Morgan fingerprint density at radius 2 is 1.63 bits per heavy atom. The zero-order valence-corrected chi connectivity index (χ0v) is 11.7. The van der Waals surface area contributed by atoms with E-state index in [9.17, 15) is 0 Å². The summed E-state index contributed by atoms with van der Waals surface area (Å²) in [6, 6.07) is 18.2. The number of hydrogen-bond acceptors (Lipinski definition) is 2. The lowest BCUT2D eigenvalue weighted by atomic mass is 10.2. The molecule has 3 rings (SSSR count). The molecule has 2 aromatic carbocycles. The fourth-order valence-corrected chi connectivity index (χ4v) is 3.00. The van der Waals surface area contributed by atoms with Gasteiger partial charge in [0.1, 0.15) is 0 Å². The van der Waals surface area contributed by atoms with Gasteiger partial charge in [0.2, 0.25) is 0 Å². The third-order valence-corrected chi connectivity index (χ3v) is 3.93. The second-order valence-electron chi connectivity index (χ2n) is 4.09. The number of rotatable bonds is 2. The Morgan fingerprint density at radius 3 is 2.47 bits per heavy atom. The van der Waals surface area contributed by atoms with Crippen LogP contribution >= 0.6 is 23.6 Å². The van der Waals surface area contributed by atoms with E-state index in [0.29, 0.717) is 5.11 Å². The zero-order valence-electron chi connectivity index (χ0n) is 10.1. The molecular weight excluding hydrogens is 272 g/mol. The molecule has 94 valence electrons. The van der Waals surface area contributed by atoms with E-state index in [1.165, 1.54) is 10.1 Å². The summed E-state index contributed by atoms with van der Waals surface area (Å²) < 4.78 is 1.26. The molecule has 0 bridgehead atoms. The Bertz CT molecular complexity index is 704. The largest absolute Gasteiger partial charge is 0.332 e. The van der Waals surface area contributed by atoms with Crippen molar-refractivity contribution in [2.75, 3.05) is 10.6 Å². The normalized spacial score (nSPS) is 10.3. The van der Waals surface area contributed by atoms with Gasteiger partial charge in [-0.25, -0.2) is 0 Å². The number of thiocarbonyl (C=S) groups is 1. The highest BCUT2D eigenvalue weighted by Gasteiger charge is 2.04. The molecule has 0 aliphatic carbocycles. The highest BCUT2D eigenvalue weighted by molar-refractivity contribution is 7.80. The van der Waals surface area contributed by atoms with Gasteiger partial charge in [-0.05, 0) is 30.4 Å². The summed E-state index contributed by atoms with van der Waals surface area (Å²) in [7, 11) is 0. The van der Waals surface area contributed by atoms with Crippen LogP contribution in [0.2, 0.25) is 0 Å². The highest BCUT2D eigenvalue weighted by atomic mass is 32.1. The van der Waals surface area contributed by atoms with E-state index in [0.717, 1.165) is 11.4 Å². The van der Waals surface area contributed by atoms with Crippen molar-refractivity contribution in [1.29, 1.82) is 0 Å². The summed E-state index contributed by atoms with van der Waals surface area (Å²) in [4.78, 5) is 0. The van der Waals surface area contributed by atoms with Crippen LogP contribution in [0.1, 0.15) is 0 Å². The first-order valence-electron chi connectivity index (χ1n) is 5.92. The van der Waals surface area contributed by atoms with Gasteiger partial charge in [0.05, 0.1) is 5.69 Å². The summed E-state index contributed by atoms with van der Waals surface area (Å²) in [5.41, 5.74) is 2.04. The molecule has 0 unspecified atom stereocenters. The highest BCUT2D eigenvalue weighted by Crippen LogP contribution is 2.29. The van der Waals surface area contributed by atoms with Gasteiger partial charge in [-0.3, -0.25) is 0 Å². The third kappa shape index (κ3) is 2.75. The lowest BCUT2D eigenvalue weighted by molar-refractivity contribution is 1.63. The van der Waals surface area contributed by atoms with Crippen LogP contribution in [0.25, 0.3) is 10.1 Å². The van der Waals surface area contributed by atoms with Gasteiger partial charge < -0.3 is 10.6 Å². The van der Waals surface area contributed by atoms with Gasteiger partial charge in [-0.1, -0.05) is 36.4 Å². The van der Waals surface area contributed by atoms with E-state index >= 15 is 0 Å². The zero-order chi connectivity index (χ0) is 13.1. The molecule has 0 amide bonds. The van der Waals surface area contributed by atoms with E-state index in [2.05, 4.69) is 28.1 Å². The second-order valence-corrected chi connectivity index (χ2v) is 5.41. The van der Waals surface area contributed by atoms with Gasteiger partial charge in [0.15, 0.2) is 5.11 Å². The van der Waals surface area contributed by atoms with Crippen molar-refractivity contribution in [3.8, 4) is 0 Å². The van der Waals surface area contributed by atoms with E-state index in [4.69, 9.17) is 12.2 Å². The number of hydrogen-bond donors (Lipinski definition) is 2. The van der Waals surface area contributed by atoms with E-state index < -0.39 is 0 Å². The summed E-state index contributed by atoms with van der Waals surface area (Å²) in [5.74, 6) is 0. The lowest BCUT2D eigenvalue weighted by Gasteiger charge is -2.09. The first-order chi connectivity index (χ1) is 9.33. The Balaban J connectivity index is 1.76. The van der Waals surface area contributed by atoms with E-state index in [-0.39, 0.29) is 0 Å². The van der Waals surface area contributed by atoms with Gasteiger partial charge in [-0.2, -0.15) is 0 Å². The number of thiophene rings is 1. The van der Waals surface area contributed by atoms with Crippen LogP contribution in [0.15, 0.2) is 60.0 Å². The molecule has 4 heteroatoms. The van der Waals surface area contributed by atoms with Gasteiger partial charge in [-0.15, -0.1) is 11.3 Å². The van der Waals surface area contributed by atoms with Crippen LogP contribution in [0, 0.1) is 0 Å². The monoisotopic (exact) mass is 284 g/mol. The smallest absolute Gasteiger partial charge is 0.175 e. The first-order valence-corrected chi connectivity index (χ1v) is 7.21. The molecule has 1 aromatic heterocycles. The topological polar surface area (TPSA) is 24.1 Å². The second kappa shape index (κ2) is 5.38. The number of nitrogens with one attached hydrogen (secondary N) is 2. The summed E-state index contributed by atoms with van der Waals surface area (Å²) in [6.45, 7) is 0. The molecular formula is C15H12N2S2. The maximum Gasteiger partial charge on any atom is 0.175 e. The number of benzene rings is 2. The number of para-hydroxylation sites is 1. The van der Waals surface area contributed by atoms with Crippen LogP contribution in [-0.4, -0.2) is 5.11 Å². The van der Waals surface area contributed by atoms with E-state index in [1.54, 1.807) is 11.3 Å². The molecule has 2 nitrogen and oxygen atoms in total. The third-order valence-electron chi connectivity index (χ3n) is 2.76. The summed E-state index contributed by atoms with van der Waals surface area (Å²) in [6.07, 6.45) is 0. The Hall–Kier alpha value is -1.91. The molecule has 0 aliphatic heterocycles. The molecule has 0 aliphatic rings. The Labute approximate surface area is 121 Å². The van der Waals surface area contributed by atoms with Gasteiger partial charge in [0.25, 0.3) is 0 Å². The van der Waals surface area contributed by atoms with Crippen molar-refractivity contribution in [3.63, 3.8) is 0 Å². The Morgan fingerprint density at radius 1 is 0.895 bits per heavy atom. The SMILES string of the molecule is S=C(Nc1ccccc1)Nc1csc2ccccc12. The fraction of sp³-hybridized carbons (Fsp3) is 0. The number of fused-ring (bicyclic) bond motifs is 1. The van der Waals surface area contributed by atoms with Crippen LogP contribution in [0.4, 0.5) is 11.4 Å². The lowest BCUT2D eigenvalue weighted by Crippen LogP contribution is -2.18. The Kier molecular flexibility index (Phi) is 3.44. The summed E-state index contributed by atoms with van der Waals surface area (Å²) in [5, 5.41) is 10.3.